The number of benzene rings is 1. The number of esters is 2. The van der Waals surface area contributed by atoms with Crippen LogP contribution in [0.2, 0.25) is 0 Å². The summed E-state index contributed by atoms with van der Waals surface area (Å²) in [6.45, 7) is 8.42. The molecular formula is C28H44O11. The molecule has 5 atom stereocenters. The summed E-state index contributed by atoms with van der Waals surface area (Å²) in [5.41, 5.74) is 1.00. The predicted molar refractivity (Wildman–Crippen MR) is 139 cm³/mol. The molecule has 0 N–H and O–H groups in total. The van der Waals surface area contributed by atoms with Crippen LogP contribution in [-0.2, 0) is 58.8 Å². The fourth-order valence-corrected chi connectivity index (χ4v) is 3.67. The Morgan fingerprint density at radius 1 is 0.718 bits per heavy atom. The summed E-state index contributed by atoms with van der Waals surface area (Å²) in [7, 11) is 0. The quantitative estimate of drug-likeness (QED) is 0.133. The Morgan fingerprint density at radius 3 is 1.95 bits per heavy atom. The molecule has 0 spiro atoms. The summed E-state index contributed by atoms with van der Waals surface area (Å²) in [5, 5.41) is 0. The molecule has 0 saturated carbocycles. The molecule has 1 fully saturated rings. The highest BCUT2D eigenvalue weighted by molar-refractivity contribution is 5.70. The van der Waals surface area contributed by atoms with E-state index in [-0.39, 0.29) is 39.8 Å². The first kappa shape index (κ1) is 33.1. The summed E-state index contributed by atoms with van der Waals surface area (Å²) in [6, 6.07) is 9.68. The van der Waals surface area contributed by atoms with Crippen LogP contribution in [0.1, 0.15) is 58.9 Å². The van der Waals surface area contributed by atoms with E-state index in [4.69, 9.17) is 42.6 Å². The van der Waals surface area contributed by atoms with E-state index < -0.39 is 42.6 Å². The molecule has 1 aromatic carbocycles. The Hall–Kier alpha value is -2.12. The first-order valence-corrected chi connectivity index (χ1v) is 13.7. The lowest BCUT2D eigenvalue weighted by Crippen LogP contribution is -2.63. The van der Waals surface area contributed by atoms with Gasteiger partial charge in [-0.3, -0.25) is 9.59 Å². The molecule has 0 bridgehead atoms. The minimum Gasteiger partial charge on any atom is -0.455 e. The molecule has 0 aromatic heterocycles. The molecule has 0 radical (unpaired) electrons. The highest BCUT2D eigenvalue weighted by atomic mass is 16.8. The number of rotatable bonds is 20. The summed E-state index contributed by atoms with van der Waals surface area (Å²) in [4.78, 5) is 24.8. The van der Waals surface area contributed by atoms with Gasteiger partial charge in [0.05, 0.1) is 13.2 Å². The zero-order chi connectivity index (χ0) is 28.3. The molecule has 39 heavy (non-hydrogen) atoms. The summed E-state index contributed by atoms with van der Waals surface area (Å²) < 4.78 is 51.7. The van der Waals surface area contributed by atoms with Gasteiger partial charge in [-0.05, 0) is 18.4 Å². The number of hydrogen-bond donors (Lipinski definition) is 0. The van der Waals surface area contributed by atoms with Crippen LogP contribution in [0.3, 0.4) is 0 Å². The van der Waals surface area contributed by atoms with Crippen LogP contribution >= 0.6 is 0 Å². The topological polar surface area (TPSA) is 117 Å². The lowest BCUT2D eigenvalue weighted by atomic mass is 9.98. The molecule has 1 aliphatic rings. The second-order valence-corrected chi connectivity index (χ2v) is 8.83. The monoisotopic (exact) mass is 556 g/mol. The molecule has 1 heterocycles. The number of hydrogen-bond acceptors (Lipinski definition) is 11. The van der Waals surface area contributed by atoms with E-state index in [1.54, 1.807) is 13.8 Å². The lowest BCUT2D eigenvalue weighted by Gasteiger charge is -2.44. The zero-order valence-electron chi connectivity index (χ0n) is 23.5. The van der Waals surface area contributed by atoms with Crippen molar-refractivity contribution >= 4 is 11.9 Å². The van der Waals surface area contributed by atoms with E-state index in [1.807, 2.05) is 44.2 Å². The van der Waals surface area contributed by atoms with Crippen LogP contribution in [0.4, 0.5) is 0 Å². The second kappa shape index (κ2) is 19.9. The second-order valence-electron chi connectivity index (χ2n) is 8.83. The maximum atomic E-state index is 12.4. The van der Waals surface area contributed by atoms with Crippen LogP contribution < -0.4 is 0 Å². The Balaban J connectivity index is 2.18. The third-order valence-corrected chi connectivity index (χ3v) is 5.62. The minimum absolute atomic E-state index is 0.0225. The van der Waals surface area contributed by atoms with Gasteiger partial charge in [0, 0.05) is 26.1 Å². The molecule has 1 saturated heterocycles. The molecule has 0 aliphatic carbocycles. The van der Waals surface area contributed by atoms with Crippen molar-refractivity contribution in [2.45, 2.75) is 90.7 Å². The van der Waals surface area contributed by atoms with Crippen LogP contribution in [0.15, 0.2) is 30.3 Å². The molecule has 11 heteroatoms. The fraction of sp³-hybridized carbons (Fsp3) is 0.714. The normalized spacial score (nSPS) is 22.9. The van der Waals surface area contributed by atoms with E-state index in [1.165, 1.54) is 0 Å². The van der Waals surface area contributed by atoms with E-state index in [0.717, 1.165) is 18.4 Å². The van der Waals surface area contributed by atoms with Gasteiger partial charge in [-0.15, -0.1) is 0 Å². The van der Waals surface area contributed by atoms with E-state index in [0.29, 0.717) is 19.8 Å². The van der Waals surface area contributed by atoms with Crippen LogP contribution in [-0.4, -0.2) is 82.8 Å². The number of carbonyl (C=O) groups excluding carboxylic acids is 2. The summed E-state index contributed by atoms with van der Waals surface area (Å²) in [6.07, 6.45) is -3.03. The summed E-state index contributed by atoms with van der Waals surface area (Å²) >= 11 is 0. The molecule has 2 rings (SSSR count). The van der Waals surface area contributed by atoms with E-state index in [9.17, 15) is 9.59 Å². The predicted octanol–water partition coefficient (Wildman–Crippen LogP) is 3.72. The Kier molecular flexibility index (Phi) is 16.9. The molecule has 1 aromatic rings. The maximum absolute atomic E-state index is 12.4. The van der Waals surface area contributed by atoms with E-state index >= 15 is 0 Å². The Morgan fingerprint density at radius 2 is 1.33 bits per heavy atom. The van der Waals surface area contributed by atoms with Gasteiger partial charge < -0.3 is 42.6 Å². The molecule has 0 unspecified atom stereocenters. The standard InChI is InChI=1S/C28H44O11/c1-5-14-31-19-35-27-26(39-24(30)8-4)25(38-23(29)7-3)22(37-28(27)36-20-32-15-6-2)17-34-18-33-16-21-12-10-9-11-13-21/h9-13,22,25-28H,5-8,14-20H2,1-4H3/t22-,25-,26+,27-,28-/m1/s1. The van der Waals surface area contributed by atoms with Crippen LogP contribution in [0, 0.1) is 0 Å². The minimum atomic E-state index is -1.04. The maximum Gasteiger partial charge on any atom is 0.306 e. The van der Waals surface area contributed by atoms with Crippen LogP contribution in [0.5, 0.6) is 0 Å². The van der Waals surface area contributed by atoms with Gasteiger partial charge in [0.25, 0.3) is 0 Å². The van der Waals surface area contributed by atoms with Gasteiger partial charge in [-0.25, -0.2) is 0 Å². The van der Waals surface area contributed by atoms with Gasteiger partial charge in [-0.2, -0.15) is 0 Å². The van der Waals surface area contributed by atoms with Crippen molar-refractivity contribution in [3.8, 4) is 0 Å². The average Bonchev–Trinajstić information content (AvgIpc) is 2.96. The SMILES string of the molecule is CCCOCO[C@@H]1O[C@H](COCOCc2ccccc2)[C@@H](OC(=O)CC)[C@H](OC(=O)CC)[C@H]1OCOCCC. The van der Waals surface area contributed by atoms with Crippen molar-refractivity contribution in [1.29, 1.82) is 0 Å². The molecular weight excluding hydrogens is 512 g/mol. The third kappa shape index (κ3) is 12.3. The highest BCUT2D eigenvalue weighted by Gasteiger charge is 2.51. The van der Waals surface area contributed by atoms with Crippen molar-refractivity contribution in [1.82, 2.24) is 0 Å². The first-order valence-electron chi connectivity index (χ1n) is 13.7. The highest BCUT2D eigenvalue weighted by Crippen LogP contribution is 2.30. The van der Waals surface area contributed by atoms with Crippen LogP contribution in [0.25, 0.3) is 0 Å². The lowest BCUT2D eigenvalue weighted by molar-refractivity contribution is -0.337. The third-order valence-electron chi connectivity index (χ3n) is 5.62. The number of carbonyl (C=O) groups is 2. The Bertz CT molecular complexity index is 791. The van der Waals surface area contributed by atoms with Crippen molar-refractivity contribution in [2.24, 2.45) is 0 Å². The smallest absolute Gasteiger partial charge is 0.306 e. The molecule has 222 valence electrons. The van der Waals surface area contributed by atoms with E-state index in [2.05, 4.69) is 0 Å². The van der Waals surface area contributed by atoms with Crippen molar-refractivity contribution in [3.63, 3.8) is 0 Å². The average molecular weight is 557 g/mol. The van der Waals surface area contributed by atoms with Gasteiger partial charge >= 0.3 is 11.9 Å². The van der Waals surface area contributed by atoms with Gasteiger partial charge in [0.1, 0.15) is 26.5 Å². The van der Waals surface area contributed by atoms with Crippen molar-refractivity contribution in [2.75, 3.05) is 40.2 Å². The molecule has 1 aliphatic heterocycles. The molecule has 0 amide bonds. The first-order chi connectivity index (χ1) is 19.0. The molecule has 11 nitrogen and oxygen atoms in total. The Labute approximate surface area is 231 Å². The van der Waals surface area contributed by atoms with Gasteiger partial charge in [0.2, 0.25) is 0 Å². The van der Waals surface area contributed by atoms with Gasteiger partial charge in [0.15, 0.2) is 24.6 Å². The number of ether oxygens (including phenoxy) is 9. The fourth-order valence-electron chi connectivity index (χ4n) is 3.67. The zero-order valence-corrected chi connectivity index (χ0v) is 23.5. The largest absolute Gasteiger partial charge is 0.455 e. The van der Waals surface area contributed by atoms with Crippen molar-refractivity contribution in [3.05, 3.63) is 35.9 Å². The van der Waals surface area contributed by atoms with Gasteiger partial charge in [-0.1, -0.05) is 58.0 Å². The summed E-state index contributed by atoms with van der Waals surface area (Å²) in [5.74, 6) is -0.979. The van der Waals surface area contributed by atoms with Crippen molar-refractivity contribution < 1.29 is 52.2 Å².